The fourth-order valence-corrected chi connectivity index (χ4v) is 2.24. The normalized spacial score (nSPS) is 11.1. The molecule has 5 heteroatoms. The highest BCUT2D eigenvalue weighted by Crippen LogP contribution is 2.29. The summed E-state index contributed by atoms with van der Waals surface area (Å²) in [6, 6.07) is 17.2. The fourth-order valence-electron chi connectivity index (χ4n) is 2.08. The van der Waals surface area contributed by atoms with Gasteiger partial charge >= 0.3 is 0 Å². The van der Waals surface area contributed by atoms with E-state index in [-0.39, 0.29) is 18.5 Å². The lowest BCUT2D eigenvalue weighted by atomic mass is 10.1. The summed E-state index contributed by atoms with van der Waals surface area (Å²) in [5, 5.41) is 12.9. The summed E-state index contributed by atoms with van der Waals surface area (Å²) in [6.07, 6.45) is 0.682. The highest BCUT2D eigenvalue weighted by atomic mass is 35.5. The monoisotopic (exact) mass is 336 g/mol. The SMILES string of the molecule is CNCC[C@@H](Oc1cc(Cl)ccc1C#N)c1ccccc1.Cl. The molecule has 2 aromatic rings. The Morgan fingerprint density at radius 3 is 2.59 bits per heavy atom. The molecule has 1 atom stereocenters. The number of hydrogen-bond acceptors (Lipinski definition) is 3. The lowest BCUT2D eigenvalue weighted by Crippen LogP contribution is -2.16. The van der Waals surface area contributed by atoms with Crippen LogP contribution in [0.4, 0.5) is 0 Å². The molecule has 0 spiro atoms. The Kier molecular flexibility index (Phi) is 7.76. The van der Waals surface area contributed by atoms with Crippen LogP contribution in [0, 0.1) is 11.3 Å². The van der Waals surface area contributed by atoms with E-state index in [1.807, 2.05) is 37.4 Å². The van der Waals surface area contributed by atoms with Crippen LogP contribution in [0.15, 0.2) is 48.5 Å². The Labute approximate surface area is 142 Å². The molecule has 2 rings (SSSR count). The largest absolute Gasteiger partial charge is 0.484 e. The van der Waals surface area contributed by atoms with Crippen molar-refractivity contribution in [2.24, 2.45) is 0 Å². The summed E-state index contributed by atoms with van der Waals surface area (Å²) < 4.78 is 6.06. The molecule has 116 valence electrons. The predicted octanol–water partition coefficient (Wildman–Crippen LogP) is 4.36. The zero-order valence-electron chi connectivity index (χ0n) is 12.3. The molecule has 2 aromatic carbocycles. The van der Waals surface area contributed by atoms with E-state index in [4.69, 9.17) is 16.3 Å². The first-order valence-electron chi connectivity index (χ1n) is 6.80. The molecule has 0 aliphatic carbocycles. The van der Waals surface area contributed by atoms with Gasteiger partial charge in [-0.3, -0.25) is 0 Å². The second-order valence-electron chi connectivity index (χ2n) is 4.66. The van der Waals surface area contributed by atoms with E-state index in [1.54, 1.807) is 18.2 Å². The van der Waals surface area contributed by atoms with Crippen molar-refractivity contribution >= 4 is 24.0 Å². The van der Waals surface area contributed by atoms with Gasteiger partial charge in [0.2, 0.25) is 0 Å². The van der Waals surface area contributed by atoms with Gasteiger partial charge in [0.25, 0.3) is 0 Å². The minimum absolute atomic E-state index is 0. The zero-order chi connectivity index (χ0) is 15.1. The summed E-state index contributed by atoms with van der Waals surface area (Å²) in [7, 11) is 1.90. The van der Waals surface area contributed by atoms with Gasteiger partial charge in [0.15, 0.2) is 0 Å². The molecule has 0 aromatic heterocycles. The van der Waals surface area contributed by atoms with Gasteiger partial charge < -0.3 is 10.1 Å². The number of ether oxygens (including phenoxy) is 1. The van der Waals surface area contributed by atoms with Gasteiger partial charge in [-0.05, 0) is 31.3 Å². The third-order valence-electron chi connectivity index (χ3n) is 3.16. The van der Waals surface area contributed by atoms with E-state index in [0.717, 1.165) is 18.5 Å². The van der Waals surface area contributed by atoms with Crippen LogP contribution in [0.1, 0.15) is 23.7 Å². The van der Waals surface area contributed by atoms with Crippen LogP contribution in [0.5, 0.6) is 5.75 Å². The quantitative estimate of drug-likeness (QED) is 0.852. The number of nitrogens with one attached hydrogen (secondary N) is 1. The molecule has 0 aliphatic heterocycles. The topological polar surface area (TPSA) is 45.0 Å². The van der Waals surface area contributed by atoms with Crippen molar-refractivity contribution in [3.05, 3.63) is 64.7 Å². The summed E-state index contributed by atoms with van der Waals surface area (Å²) in [4.78, 5) is 0. The lowest BCUT2D eigenvalue weighted by Gasteiger charge is -2.20. The summed E-state index contributed by atoms with van der Waals surface area (Å²) in [6.45, 7) is 0.821. The molecule has 0 aliphatic rings. The number of nitrogens with zero attached hydrogens (tertiary/aromatic N) is 1. The van der Waals surface area contributed by atoms with Gasteiger partial charge in [-0.2, -0.15) is 5.26 Å². The van der Waals surface area contributed by atoms with Gasteiger partial charge in [0.1, 0.15) is 17.9 Å². The minimum Gasteiger partial charge on any atom is -0.484 e. The van der Waals surface area contributed by atoms with Crippen LogP contribution >= 0.6 is 24.0 Å². The Hall–Kier alpha value is -1.73. The Balaban J connectivity index is 0.00000242. The number of benzene rings is 2. The molecule has 1 N–H and O–H groups in total. The Morgan fingerprint density at radius 2 is 1.95 bits per heavy atom. The molecule has 0 fully saturated rings. The van der Waals surface area contributed by atoms with Crippen molar-refractivity contribution < 1.29 is 4.74 Å². The number of halogens is 2. The van der Waals surface area contributed by atoms with Crippen LogP contribution in [0.2, 0.25) is 5.02 Å². The van der Waals surface area contributed by atoms with E-state index >= 15 is 0 Å². The molecule has 0 saturated carbocycles. The molecule has 0 bridgehead atoms. The predicted molar refractivity (Wildman–Crippen MR) is 91.8 cm³/mol. The molecule has 0 unspecified atom stereocenters. The zero-order valence-corrected chi connectivity index (χ0v) is 13.8. The first kappa shape index (κ1) is 18.3. The molecular weight excluding hydrogens is 319 g/mol. The van der Waals surface area contributed by atoms with Crippen LogP contribution in [-0.4, -0.2) is 13.6 Å². The van der Waals surface area contributed by atoms with Gasteiger partial charge in [0, 0.05) is 17.5 Å². The maximum Gasteiger partial charge on any atom is 0.139 e. The van der Waals surface area contributed by atoms with E-state index in [0.29, 0.717) is 16.3 Å². The van der Waals surface area contributed by atoms with Crippen molar-refractivity contribution in [3.63, 3.8) is 0 Å². The molecule has 3 nitrogen and oxygen atoms in total. The highest BCUT2D eigenvalue weighted by molar-refractivity contribution is 6.30. The van der Waals surface area contributed by atoms with E-state index in [9.17, 15) is 5.26 Å². The third kappa shape index (κ3) is 4.92. The smallest absolute Gasteiger partial charge is 0.139 e. The molecule has 0 radical (unpaired) electrons. The van der Waals surface area contributed by atoms with Gasteiger partial charge in [-0.15, -0.1) is 12.4 Å². The summed E-state index contributed by atoms with van der Waals surface area (Å²) in [5.74, 6) is 0.523. The van der Waals surface area contributed by atoms with E-state index in [2.05, 4.69) is 11.4 Å². The first-order chi connectivity index (χ1) is 10.2. The molecule has 22 heavy (non-hydrogen) atoms. The lowest BCUT2D eigenvalue weighted by molar-refractivity contribution is 0.194. The number of rotatable bonds is 6. The van der Waals surface area contributed by atoms with Crippen molar-refractivity contribution in [2.75, 3.05) is 13.6 Å². The second kappa shape index (κ2) is 9.32. The molecule has 0 saturated heterocycles. The average Bonchev–Trinajstić information content (AvgIpc) is 2.52. The van der Waals surface area contributed by atoms with Crippen molar-refractivity contribution in [2.45, 2.75) is 12.5 Å². The Bertz CT molecular complexity index is 626. The first-order valence-corrected chi connectivity index (χ1v) is 7.18. The maximum atomic E-state index is 9.18. The molecular formula is C17H18Cl2N2O. The molecule has 0 amide bonds. The van der Waals surface area contributed by atoms with Crippen molar-refractivity contribution in [1.29, 1.82) is 5.26 Å². The average molecular weight is 337 g/mol. The molecule has 0 heterocycles. The van der Waals surface area contributed by atoms with Gasteiger partial charge in [-0.1, -0.05) is 41.9 Å². The van der Waals surface area contributed by atoms with Gasteiger partial charge in [-0.25, -0.2) is 0 Å². The number of nitriles is 1. The third-order valence-corrected chi connectivity index (χ3v) is 3.40. The minimum atomic E-state index is -0.121. The second-order valence-corrected chi connectivity index (χ2v) is 5.10. The highest BCUT2D eigenvalue weighted by Gasteiger charge is 2.15. The van der Waals surface area contributed by atoms with Crippen molar-refractivity contribution in [1.82, 2.24) is 5.32 Å². The fraction of sp³-hybridized carbons (Fsp3) is 0.235. The van der Waals surface area contributed by atoms with Crippen molar-refractivity contribution in [3.8, 4) is 11.8 Å². The summed E-state index contributed by atoms with van der Waals surface area (Å²) >= 11 is 6.01. The standard InChI is InChI=1S/C17H17ClN2O.ClH/c1-20-10-9-16(13-5-3-2-4-6-13)21-17-11-15(18)8-7-14(17)12-19;/h2-8,11,16,20H,9-10H2,1H3;1H/t16-;/m1./s1. The van der Waals surface area contributed by atoms with Crippen LogP contribution in [0.3, 0.4) is 0 Å². The van der Waals surface area contributed by atoms with E-state index < -0.39 is 0 Å². The van der Waals surface area contributed by atoms with Crippen LogP contribution < -0.4 is 10.1 Å². The maximum absolute atomic E-state index is 9.18. The van der Waals surface area contributed by atoms with E-state index in [1.165, 1.54) is 0 Å². The number of hydrogen-bond donors (Lipinski definition) is 1. The summed E-state index contributed by atoms with van der Waals surface area (Å²) in [5.41, 5.74) is 1.57. The van der Waals surface area contributed by atoms with Crippen LogP contribution in [-0.2, 0) is 0 Å². The Morgan fingerprint density at radius 1 is 1.23 bits per heavy atom. The van der Waals surface area contributed by atoms with Gasteiger partial charge in [0.05, 0.1) is 5.56 Å². The van der Waals surface area contributed by atoms with Crippen LogP contribution in [0.25, 0.3) is 0 Å².